The van der Waals surface area contributed by atoms with Crippen molar-refractivity contribution < 1.29 is 22.7 Å². The Kier molecular flexibility index (Phi) is 6.65. The third kappa shape index (κ3) is 5.47. The molecule has 0 aromatic heterocycles. The Morgan fingerprint density at radius 3 is 2.57 bits per heavy atom. The summed E-state index contributed by atoms with van der Waals surface area (Å²) < 4.78 is 43.9. The van der Waals surface area contributed by atoms with E-state index in [0.29, 0.717) is 11.5 Å². The third-order valence-corrected chi connectivity index (χ3v) is 6.07. The summed E-state index contributed by atoms with van der Waals surface area (Å²) in [7, 11) is 0. The molecule has 2 fully saturated rings. The fraction of sp³-hybridized carbons (Fsp3) is 0.667. The Balaban J connectivity index is 1.48. The maximum Gasteiger partial charge on any atom is 0.416 e. The number of ether oxygens (including phenoxy) is 1. The molecule has 1 amide bonds. The summed E-state index contributed by atoms with van der Waals surface area (Å²) in [4.78, 5) is 15.1. The summed E-state index contributed by atoms with van der Waals surface area (Å²) in [6.45, 7) is 6.58. The fourth-order valence-corrected chi connectivity index (χ4v) is 4.00. The zero-order chi connectivity index (χ0) is 20.2. The van der Waals surface area contributed by atoms with E-state index in [9.17, 15) is 18.0 Å². The molecule has 2 aliphatic heterocycles. The van der Waals surface area contributed by atoms with Gasteiger partial charge in [-0.3, -0.25) is 4.79 Å². The Bertz CT molecular complexity index is 664. The Morgan fingerprint density at radius 2 is 1.93 bits per heavy atom. The van der Waals surface area contributed by atoms with Crippen molar-refractivity contribution in [1.29, 1.82) is 0 Å². The molecule has 0 saturated carbocycles. The highest BCUT2D eigenvalue weighted by Crippen LogP contribution is 2.33. The van der Waals surface area contributed by atoms with Crippen LogP contribution >= 0.6 is 0 Å². The van der Waals surface area contributed by atoms with Crippen LogP contribution in [0, 0.1) is 11.3 Å². The highest BCUT2D eigenvalue weighted by Gasteiger charge is 2.37. The third-order valence-electron chi connectivity index (χ3n) is 6.07. The number of likely N-dealkylation sites (tertiary alicyclic amines) is 1. The second-order valence-corrected chi connectivity index (χ2v) is 8.30. The summed E-state index contributed by atoms with van der Waals surface area (Å²) in [5.74, 6) is 0.600. The number of benzene rings is 1. The fourth-order valence-electron chi connectivity index (χ4n) is 4.00. The van der Waals surface area contributed by atoms with Crippen LogP contribution in [0.25, 0.3) is 0 Å². The van der Waals surface area contributed by atoms with Crippen LogP contribution in [-0.2, 0) is 22.3 Å². The lowest BCUT2D eigenvalue weighted by molar-refractivity contribution is -0.137. The number of hydrogen-bond donors (Lipinski definition) is 1. The lowest BCUT2D eigenvalue weighted by Gasteiger charge is -2.40. The number of alkyl halides is 3. The highest BCUT2D eigenvalue weighted by atomic mass is 19.4. The topological polar surface area (TPSA) is 41.6 Å². The summed E-state index contributed by atoms with van der Waals surface area (Å²) in [5, 5.41) is 2.84. The van der Waals surface area contributed by atoms with Crippen molar-refractivity contribution in [3.05, 3.63) is 35.4 Å². The summed E-state index contributed by atoms with van der Waals surface area (Å²) in [6, 6.07) is 5.12. The van der Waals surface area contributed by atoms with Gasteiger partial charge in [-0.05, 0) is 62.4 Å². The molecule has 3 rings (SSSR count). The second kappa shape index (κ2) is 8.82. The highest BCUT2D eigenvalue weighted by molar-refractivity contribution is 5.82. The monoisotopic (exact) mass is 398 g/mol. The normalized spacial score (nSPS) is 21.4. The molecule has 0 atom stereocenters. The second-order valence-electron chi connectivity index (χ2n) is 8.30. The minimum Gasteiger partial charge on any atom is -0.381 e. The average molecular weight is 398 g/mol. The van der Waals surface area contributed by atoms with E-state index in [-0.39, 0.29) is 12.5 Å². The van der Waals surface area contributed by atoms with Crippen LogP contribution in [0.1, 0.15) is 43.7 Å². The quantitative estimate of drug-likeness (QED) is 0.819. The standard InChI is InChI=1S/C21H29F3N2O2/c1-20(7-9-26(10-8-20)15-16-5-11-28-12-6-16)19(27)25-14-17-3-2-4-18(13-17)21(22,23)24/h2-4,13,16H,5-12,14-15H2,1H3,(H,25,27). The van der Waals surface area contributed by atoms with Crippen LogP contribution in [0.3, 0.4) is 0 Å². The zero-order valence-electron chi connectivity index (χ0n) is 16.4. The van der Waals surface area contributed by atoms with Gasteiger partial charge in [0.2, 0.25) is 5.91 Å². The molecule has 28 heavy (non-hydrogen) atoms. The first-order chi connectivity index (χ1) is 13.3. The summed E-state index contributed by atoms with van der Waals surface area (Å²) in [5.41, 5.74) is -0.691. The van der Waals surface area contributed by atoms with E-state index in [4.69, 9.17) is 4.74 Å². The molecule has 2 heterocycles. The first kappa shape index (κ1) is 21.1. The van der Waals surface area contributed by atoms with Crippen molar-refractivity contribution in [2.75, 3.05) is 32.8 Å². The minimum absolute atomic E-state index is 0.0735. The lowest BCUT2D eigenvalue weighted by atomic mass is 9.79. The van der Waals surface area contributed by atoms with Gasteiger partial charge in [0.25, 0.3) is 0 Å². The number of piperidine rings is 1. The molecule has 0 bridgehead atoms. The van der Waals surface area contributed by atoms with E-state index in [2.05, 4.69) is 10.2 Å². The summed E-state index contributed by atoms with van der Waals surface area (Å²) in [6.07, 6.45) is -0.630. The van der Waals surface area contributed by atoms with Crippen LogP contribution in [-0.4, -0.2) is 43.7 Å². The number of nitrogens with zero attached hydrogens (tertiary/aromatic N) is 1. The molecule has 7 heteroatoms. The Hall–Kier alpha value is -1.60. The van der Waals surface area contributed by atoms with E-state index < -0.39 is 17.2 Å². The Labute approximate surface area is 164 Å². The van der Waals surface area contributed by atoms with Gasteiger partial charge in [-0.1, -0.05) is 19.1 Å². The lowest BCUT2D eigenvalue weighted by Crippen LogP contribution is -2.48. The van der Waals surface area contributed by atoms with E-state index in [1.165, 1.54) is 6.07 Å². The van der Waals surface area contributed by atoms with E-state index in [0.717, 1.165) is 70.7 Å². The number of rotatable bonds is 5. The largest absolute Gasteiger partial charge is 0.416 e. The van der Waals surface area contributed by atoms with Gasteiger partial charge in [-0.25, -0.2) is 0 Å². The molecule has 156 valence electrons. The van der Waals surface area contributed by atoms with Crippen molar-refractivity contribution in [2.45, 2.75) is 45.3 Å². The SMILES string of the molecule is CC1(C(=O)NCc2cccc(C(F)(F)F)c2)CCN(CC2CCOCC2)CC1. The van der Waals surface area contributed by atoms with E-state index in [1.807, 2.05) is 6.92 Å². The molecular weight excluding hydrogens is 369 g/mol. The van der Waals surface area contributed by atoms with Crippen molar-refractivity contribution in [3.8, 4) is 0 Å². The molecule has 0 spiro atoms. The Morgan fingerprint density at radius 1 is 1.25 bits per heavy atom. The molecule has 0 radical (unpaired) electrons. The first-order valence-corrected chi connectivity index (χ1v) is 10.0. The number of carbonyl (C=O) groups excluding carboxylic acids is 1. The minimum atomic E-state index is -4.37. The van der Waals surface area contributed by atoms with Gasteiger partial charge in [-0.2, -0.15) is 13.2 Å². The van der Waals surface area contributed by atoms with E-state index >= 15 is 0 Å². The first-order valence-electron chi connectivity index (χ1n) is 10.0. The van der Waals surface area contributed by atoms with Gasteiger partial charge in [0, 0.05) is 31.7 Å². The van der Waals surface area contributed by atoms with Crippen LogP contribution in [0.4, 0.5) is 13.2 Å². The maximum absolute atomic E-state index is 12.8. The smallest absolute Gasteiger partial charge is 0.381 e. The predicted molar refractivity (Wildman–Crippen MR) is 101 cm³/mol. The molecule has 1 aromatic carbocycles. The van der Waals surface area contributed by atoms with Crippen LogP contribution < -0.4 is 5.32 Å². The van der Waals surface area contributed by atoms with Crippen LogP contribution in [0.15, 0.2) is 24.3 Å². The number of hydrogen-bond acceptors (Lipinski definition) is 3. The number of nitrogens with one attached hydrogen (secondary N) is 1. The molecule has 1 aromatic rings. The van der Waals surface area contributed by atoms with Crippen molar-refractivity contribution >= 4 is 5.91 Å². The molecule has 4 nitrogen and oxygen atoms in total. The molecule has 0 aliphatic carbocycles. The van der Waals surface area contributed by atoms with E-state index in [1.54, 1.807) is 6.07 Å². The molecule has 2 saturated heterocycles. The molecular formula is C21H29F3N2O2. The van der Waals surface area contributed by atoms with Gasteiger partial charge < -0.3 is 15.0 Å². The number of carbonyl (C=O) groups is 1. The number of halogens is 3. The molecule has 1 N–H and O–H groups in total. The molecule has 0 unspecified atom stereocenters. The van der Waals surface area contributed by atoms with Gasteiger partial charge in [0.15, 0.2) is 0 Å². The molecule has 2 aliphatic rings. The van der Waals surface area contributed by atoms with Gasteiger partial charge in [0.1, 0.15) is 0 Å². The van der Waals surface area contributed by atoms with Crippen molar-refractivity contribution in [2.24, 2.45) is 11.3 Å². The van der Waals surface area contributed by atoms with Gasteiger partial charge in [-0.15, -0.1) is 0 Å². The van der Waals surface area contributed by atoms with Crippen molar-refractivity contribution in [1.82, 2.24) is 10.2 Å². The zero-order valence-corrected chi connectivity index (χ0v) is 16.4. The van der Waals surface area contributed by atoms with Gasteiger partial charge in [0.05, 0.1) is 5.56 Å². The van der Waals surface area contributed by atoms with Gasteiger partial charge >= 0.3 is 6.18 Å². The van der Waals surface area contributed by atoms with Crippen LogP contribution in [0.2, 0.25) is 0 Å². The van der Waals surface area contributed by atoms with Crippen LogP contribution in [0.5, 0.6) is 0 Å². The average Bonchev–Trinajstić information content (AvgIpc) is 2.68. The number of amides is 1. The predicted octanol–water partition coefficient (Wildman–Crippen LogP) is 3.85. The summed E-state index contributed by atoms with van der Waals surface area (Å²) >= 11 is 0. The maximum atomic E-state index is 12.8. The van der Waals surface area contributed by atoms with Crippen molar-refractivity contribution in [3.63, 3.8) is 0 Å².